The lowest BCUT2D eigenvalue weighted by Crippen LogP contribution is -2.42. The van der Waals surface area contributed by atoms with E-state index in [1.165, 1.54) is 12.1 Å². The van der Waals surface area contributed by atoms with Gasteiger partial charge in [0.1, 0.15) is 5.75 Å². The second-order valence-corrected chi connectivity index (χ2v) is 9.83. The summed E-state index contributed by atoms with van der Waals surface area (Å²) in [7, 11) is -3.53. The summed E-state index contributed by atoms with van der Waals surface area (Å²) < 4.78 is 32.9. The molecule has 6 nitrogen and oxygen atoms in total. The first kappa shape index (κ1) is 21.3. The van der Waals surface area contributed by atoms with Crippen molar-refractivity contribution in [1.29, 1.82) is 0 Å². The number of amides is 1. The van der Waals surface area contributed by atoms with Gasteiger partial charge in [-0.25, -0.2) is 8.42 Å². The summed E-state index contributed by atoms with van der Waals surface area (Å²) in [5.74, 6) is 1.05. The molecule has 1 heterocycles. The molecule has 1 saturated heterocycles. The van der Waals surface area contributed by atoms with Gasteiger partial charge in [0.2, 0.25) is 10.0 Å². The van der Waals surface area contributed by atoms with Crippen molar-refractivity contribution in [3.8, 4) is 5.75 Å². The van der Waals surface area contributed by atoms with E-state index in [-0.39, 0.29) is 17.4 Å². The quantitative estimate of drug-likeness (QED) is 0.779. The minimum atomic E-state index is -3.53. The summed E-state index contributed by atoms with van der Waals surface area (Å²) in [6.07, 6.45) is 1.04. The van der Waals surface area contributed by atoms with Gasteiger partial charge in [-0.3, -0.25) is 4.79 Å². The molecule has 1 aliphatic heterocycles. The highest BCUT2D eigenvalue weighted by Gasteiger charge is 2.31. The Labute approximate surface area is 172 Å². The number of benzene rings is 2. The van der Waals surface area contributed by atoms with E-state index >= 15 is 0 Å². The van der Waals surface area contributed by atoms with Crippen LogP contribution in [0.25, 0.3) is 0 Å². The number of sulfonamides is 1. The van der Waals surface area contributed by atoms with Crippen LogP contribution in [0.3, 0.4) is 0 Å². The molecule has 0 aromatic heterocycles. The SMILES string of the molecule is Cc1ccccc1OCC(=O)Nc1ccc(S(=O)(=O)N2C[C@@H](C)C[C@H](C)C2)cc1. The number of ether oxygens (including phenoxy) is 1. The predicted octanol–water partition coefficient (Wildman–Crippen LogP) is 3.68. The number of nitrogens with zero attached hydrogens (tertiary/aromatic N) is 1. The summed E-state index contributed by atoms with van der Waals surface area (Å²) in [6.45, 7) is 7.04. The molecule has 0 spiro atoms. The predicted molar refractivity (Wildman–Crippen MR) is 113 cm³/mol. The highest BCUT2D eigenvalue weighted by Crippen LogP contribution is 2.27. The monoisotopic (exact) mass is 416 g/mol. The van der Waals surface area contributed by atoms with Gasteiger partial charge in [-0.05, 0) is 61.1 Å². The average molecular weight is 417 g/mol. The summed E-state index contributed by atoms with van der Waals surface area (Å²) in [5.41, 5.74) is 1.49. The number of aryl methyl sites for hydroxylation is 1. The molecule has 7 heteroatoms. The molecule has 0 bridgehead atoms. The number of carbonyl (C=O) groups is 1. The number of piperidine rings is 1. The fourth-order valence-corrected chi connectivity index (χ4v) is 5.40. The summed E-state index contributed by atoms with van der Waals surface area (Å²) in [5, 5.41) is 2.73. The number of nitrogens with one attached hydrogen (secondary N) is 1. The van der Waals surface area contributed by atoms with Crippen LogP contribution in [0.15, 0.2) is 53.4 Å². The lowest BCUT2D eigenvalue weighted by molar-refractivity contribution is -0.118. The van der Waals surface area contributed by atoms with Crippen molar-refractivity contribution in [3.05, 3.63) is 54.1 Å². The van der Waals surface area contributed by atoms with Crippen LogP contribution in [0.5, 0.6) is 5.75 Å². The Balaban J connectivity index is 1.61. The second-order valence-electron chi connectivity index (χ2n) is 7.89. The molecule has 1 N–H and O–H groups in total. The molecule has 2 aromatic rings. The second kappa shape index (κ2) is 8.97. The number of hydrogen-bond acceptors (Lipinski definition) is 4. The minimum Gasteiger partial charge on any atom is -0.483 e. The van der Waals surface area contributed by atoms with Gasteiger partial charge >= 0.3 is 0 Å². The van der Waals surface area contributed by atoms with E-state index in [4.69, 9.17) is 4.74 Å². The topological polar surface area (TPSA) is 75.7 Å². The molecular weight excluding hydrogens is 388 g/mol. The normalized spacial score (nSPS) is 20.2. The molecule has 3 rings (SSSR count). The van der Waals surface area contributed by atoms with Gasteiger partial charge < -0.3 is 10.1 Å². The molecule has 1 aliphatic rings. The molecule has 2 aromatic carbocycles. The molecule has 1 amide bonds. The Morgan fingerprint density at radius 2 is 1.69 bits per heavy atom. The van der Waals surface area contributed by atoms with E-state index in [9.17, 15) is 13.2 Å². The Morgan fingerprint density at radius 3 is 2.31 bits per heavy atom. The summed E-state index contributed by atoms with van der Waals surface area (Å²) >= 11 is 0. The summed E-state index contributed by atoms with van der Waals surface area (Å²) in [4.78, 5) is 12.4. The third-order valence-electron chi connectivity index (χ3n) is 5.06. The van der Waals surface area contributed by atoms with Crippen LogP contribution in [-0.2, 0) is 14.8 Å². The molecule has 2 atom stereocenters. The zero-order valence-electron chi connectivity index (χ0n) is 17.1. The number of rotatable bonds is 6. The maximum atomic E-state index is 12.9. The molecule has 0 aliphatic carbocycles. The van der Waals surface area contributed by atoms with Gasteiger partial charge in [-0.1, -0.05) is 32.0 Å². The molecule has 156 valence electrons. The van der Waals surface area contributed by atoms with E-state index in [0.29, 0.717) is 36.4 Å². The first-order chi connectivity index (χ1) is 13.8. The summed E-state index contributed by atoms with van der Waals surface area (Å²) in [6, 6.07) is 13.8. The lowest BCUT2D eigenvalue weighted by Gasteiger charge is -2.34. The third kappa shape index (κ3) is 5.36. The van der Waals surface area contributed by atoms with Crippen molar-refractivity contribution < 1.29 is 17.9 Å². The number of para-hydroxylation sites is 1. The van der Waals surface area contributed by atoms with Crippen LogP contribution in [0.2, 0.25) is 0 Å². The number of hydrogen-bond donors (Lipinski definition) is 1. The van der Waals surface area contributed by atoms with Crippen molar-refractivity contribution >= 4 is 21.6 Å². The van der Waals surface area contributed by atoms with E-state index in [1.807, 2.05) is 31.2 Å². The van der Waals surface area contributed by atoms with Crippen molar-refractivity contribution in [2.24, 2.45) is 11.8 Å². The highest BCUT2D eigenvalue weighted by molar-refractivity contribution is 7.89. The number of carbonyl (C=O) groups excluding carboxylic acids is 1. The lowest BCUT2D eigenvalue weighted by atomic mass is 9.94. The van der Waals surface area contributed by atoms with Gasteiger partial charge in [0.05, 0.1) is 4.90 Å². The highest BCUT2D eigenvalue weighted by atomic mass is 32.2. The van der Waals surface area contributed by atoms with Crippen molar-refractivity contribution in [1.82, 2.24) is 4.31 Å². The average Bonchev–Trinajstić information content (AvgIpc) is 2.67. The Morgan fingerprint density at radius 1 is 1.07 bits per heavy atom. The molecule has 1 fully saturated rings. The van der Waals surface area contributed by atoms with E-state index < -0.39 is 10.0 Å². The van der Waals surface area contributed by atoms with Gasteiger partial charge in [-0.15, -0.1) is 0 Å². The zero-order chi connectivity index (χ0) is 21.0. The number of anilines is 1. The smallest absolute Gasteiger partial charge is 0.262 e. The van der Waals surface area contributed by atoms with Crippen LogP contribution in [0.1, 0.15) is 25.8 Å². The van der Waals surface area contributed by atoms with Gasteiger partial charge in [-0.2, -0.15) is 4.31 Å². The van der Waals surface area contributed by atoms with Crippen molar-refractivity contribution in [2.75, 3.05) is 25.0 Å². The van der Waals surface area contributed by atoms with Crippen LogP contribution in [0.4, 0.5) is 5.69 Å². The molecule has 0 saturated carbocycles. The Hall–Kier alpha value is -2.38. The maximum Gasteiger partial charge on any atom is 0.262 e. The Bertz CT molecular complexity index is 947. The standard InChI is InChI=1S/C22H28N2O4S/c1-16-12-17(2)14-24(13-16)29(26,27)20-10-8-19(9-11-20)23-22(25)15-28-21-7-5-4-6-18(21)3/h4-11,16-17H,12-15H2,1-3H3,(H,23,25)/t16-,17-/m0/s1. The molecule has 0 unspecified atom stereocenters. The first-order valence-corrected chi connectivity index (χ1v) is 11.3. The molecule has 0 radical (unpaired) electrons. The van der Waals surface area contributed by atoms with Gasteiger partial charge in [0.15, 0.2) is 6.61 Å². The van der Waals surface area contributed by atoms with Gasteiger partial charge in [0.25, 0.3) is 5.91 Å². The maximum absolute atomic E-state index is 12.9. The van der Waals surface area contributed by atoms with Gasteiger partial charge in [0, 0.05) is 18.8 Å². The Kier molecular flexibility index (Phi) is 6.59. The third-order valence-corrected chi connectivity index (χ3v) is 6.91. The van der Waals surface area contributed by atoms with Crippen molar-refractivity contribution in [2.45, 2.75) is 32.1 Å². The van der Waals surface area contributed by atoms with Crippen LogP contribution >= 0.6 is 0 Å². The minimum absolute atomic E-state index is 0.117. The van der Waals surface area contributed by atoms with E-state index in [1.54, 1.807) is 16.4 Å². The molecular formula is C22H28N2O4S. The molecule has 29 heavy (non-hydrogen) atoms. The fraction of sp³-hybridized carbons (Fsp3) is 0.409. The van der Waals surface area contributed by atoms with E-state index in [0.717, 1.165) is 12.0 Å². The van der Waals surface area contributed by atoms with E-state index in [2.05, 4.69) is 19.2 Å². The zero-order valence-corrected chi connectivity index (χ0v) is 17.9. The van der Waals surface area contributed by atoms with Crippen molar-refractivity contribution in [3.63, 3.8) is 0 Å². The van der Waals surface area contributed by atoms with Crippen LogP contribution in [0, 0.1) is 18.8 Å². The first-order valence-electron chi connectivity index (χ1n) is 9.84. The van der Waals surface area contributed by atoms with Crippen LogP contribution < -0.4 is 10.1 Å². The van der Waals surface area contributed by atoms with Crippen LogP contribution in [-0.4, -0.2) is 38.3 Å². The fourth-order valence-electron chi connectivity index (χ4n) is 3.72. The largest absolute Gasteiger partial charge is 0.483 e.